The number of halogens is 1. The molecule has 0 aliphatic rings. The van der Waals surface area contributed by atoms with Crippen LogP contribution in [0.3, 0.4) is 0 Å². The van der Waals surface area contributed by atoms with Crippen LogP contribution in [0, 0.1) is 13.8 Å². The summed E-state index contributed by atoms with van der Waals surface area (Å²) in [5.74, 6) is 1.53. The molecule has 5 heterocycles. The van der Waals surface area contributed by atoms with Crippen LogP contribution in [0.2, 0.25) is 0 Å². The molecule has 2 N–H and O–H groups in total. The molecule has 0 aliphatic carbocycles. The third kappa shape index (κ3) is 5.64. The van der Waals surface area contributed by atoms with Crippen LogP contribution in [-0.2, 0) is 19.5 Å². The number of nitrogens with zero attached hydrogens (tertiary/aromatic N) is 5. The van der Waals surface area contributed by atoms with Crippen molar-refractivity contribution in [3.8, 4) is 23.0 Å². The molecule has 0 saturated carbocycles. The Kier molecular flexibility index (Phi) is 8.39. The Bertz CT molecular complexity index is 2020. The van der Waals surface area contributed by atoms with E-state index in [-0.39, 0.29) is 31.9 Å². The second kappa shape index (κ2) is 12.2. The van der Waals surface area contributed by atoms with Crippen molar-refractivity contribution in [2.24, 2.45) is 0 Å². The summed E-state index contributed by atoms with van der Waals surface area (Å²) in [5.41, 5.74) is 9.88. The van der Waals surface area contributed by atoms with Gasteiger partial charge in [0.05, 0.1) is 33.1 Å². The molecule has 0 atom stereocenters. The van der Waals surface area contributed by atoms with Crippen molar-refractivity contribution in [3.63, 3.8) is 0 Å². The van der Waals surface area contributed by atoms with Crippen LogP contribution in [0.5, 0.6) is 0 Å². The molecular formula is C33H25ClN7Ru+. The Balaban J connectivity index is 0.000000188. The molecule has 3 aromatic carbocycles. The number of rotatable bonds is 2. The predicted molar refractivity (Wildman–Crippen MR) is 161 cm³/mol. The van der Waals surface area contributed by atoms with Gasteiger partial charge in [0.15, 0.2) is 11.6 Å². The first-order valence-corrected chi connectivity index (χ1v) is 13.1. The minimum Gasteiger partial charge on any atom is -1.00 e. The third-order valence-corrected chi connectivity index (χ3v) is 6.85. The van der Waals surface area contributed by atoms with E-state index >= 15 is 0 Å². The number of H-pyrrole nitrogens is 2. The monoisotopic (exact) mass is 656 g/mol. The molecule has 0 fully saturated rings. The second-order valence-corrected chi connectivity index (χ2v) is 9.84. The molecule has 206 valence electrons. The SMILES string of the molecule is Cc1ccc2nc(-c3cccc(-c4nc5ccc(C)cc5[nH]4)n3)[nH]c2c1.[Cl-].[Ru+2].c1cnc2c(c1)ccc1cccnc12. The van der Waals surface area contributed by atoms with Crippen molar-refractivity contribution in [1.82, 2.24) is 34.9 Å². The smallest absolute Gasteiger partial charge is 1.00 e. The summed E-state index contributed by atoms with van der Waals surface area (Å²) in [6.45, 7) is 4.14. The molecule has 0 bridgehead atoms. The summed E-state index contributed by atoms with van der Waals surface area (Å²) >= 11 is 0. The minimum absolute atomic E-state index is 0. The average Bonchev–Trinajstić information content (AvgIpc) is 3.61. The van der Waals surface area contributed by atoms with Gasteiger partial charge in [0.2, 0.25) is 0 Å². The van der Waals surface area contributed by atoms with Crippen LogP contribution >= 0.6 is 0 Å². The van der Waals surface area contributed by atoms with Gasteiger partial charge in [-0.15, -0.1) is 0 Å². The molecule has 0 aliphatic heterocycles. The topological polar surface area (TPSA) is 96.0 Å². The van der Waals surface area contributed by atoms with Gasteiger partial charge in [-0.1, -0.05) is 42.5 Å². The van der Waals surface area contributed by atoms with Crippen LogP contribution in [0.4, 0.5) is 0 Å². The summed E-state index contributed by atoms with van der Waals surface area (Å²) in [5, 5.41) is 2.28. The number of aromatic amines is 2. The van der Waals surface area contributed by atoms with Crippen LogP contribution < -0.4 is 12.4 Å². The fourth-order valence-electron chi connectivity index (χ4n) is 4.87. The standard InChI is InChI=1S/C21H17N5.C12H8N2.ClH.Ru/c1-12-6-8-14-18(10-12)25-20(23-14)16-4-3-5-17(22-16)21-24-15-9-7-13(2)11-19(15)26-21;1-3-9-5-6-10-4-2-8-14-12(10)11(9)13-7-1;;/h3-11H,1-2H3,(H,23,25)(H,24,26);1-8H;1H;/q;;;+2/p-1. The number of fused-ring (bicyclic) bond motifs is 5. The zero-order valence-corrected chi connectivity index (χ0v) is 25.3. The molecule has 7 nitrogen and oxygen atoms in total. The minimum atomic E-state index is 0. The van der Waals surface area contributed by atoms with E-state index in [0.717, 1.165) is 66.9 Å². The van der Waals surface area contributed by atoms with Crippen molar-refractivity contribution in [2.75, 3.05) is 0 Å². The van der Waals surface area contributed by atoms with E-state index in [4.69, 9.17) is 4.98 Å². The van der Waals surface area contributed by atoms with Gasteiger partial charge in [0, 0.05) is 23.2 Å². The molecular weight excluding hydrogens is 631 g/mol. The summed E-state index contributed by atoms with van der Waals surface area (Å²) in [4.78, 5) is 29.5. The molecule has 0 spiro atoms. The Morgan fingerprint density at radius 1 is 0.524 bits per heavy atom. The van der Waals surface area contributed by atoms with Crippen molar-refractivity contribution in [3.05, 3.63) is 115 Å². The number of aryl methyl sites for hydroxylation is 2. The predicted octanol–water partition coefficient (Wildman–Crippen LogP) is 4.57. The fourth-order valence-corrected chi connectivity index (χ4v) is 4.87. The van der Waals surface area contributed by atoms with E-state index in [1.54, 1.807) is 12.4 Å². The van der Waals surface area contributed by atoms with E-state index in [2.05, 4.69) is 92.3 Å². The second-order valence-electron chi connectivity index (χ2n) is 9.84. The largest absolute Gasteiger partial charge is 2.00 e. The summed E-state index contributed by atoms with van der Waals surface area (Å²) in [6.07, 6.45) is 3.60. The summed E-state index contributed by atoms with van der Waals surface area (Å²) < 4.78 is 0. The number of hydrogen-bond donors (Lipinski definition) is 2. The maximum atomic E-state index is 4.76. The van der Waals surface area contributed by atoms with Gasteiger partial charge in [-0.25, -0.2) is 15.0 Å². The van der Waals surface area contributed by atoms with E-state index < -0.39 is 0 Å². The van der Waals surface area contributed by atoms with Crippen molar-refractivity contribution in [2.45, 2.75) is 13.8 Å². The first-order chi connectivity index (χ1) is 19.6. The third-order valence-electron chi connectivity index (χ3n) is 6.85. The average molecular weight is 656 g/mol. The number of aromatic nitrogens is 7. The number of benzene rings is 3. The quantitative estimate of drug-likeness (QED) is 0.210. The van der Waals surface area contributed by atoms with Gasteiger partial charge >= 0.3 is 19.5 Å². The molecule has 0 amide bonds. The number of nitrogens with one attached hydrogen (secondary N) is 2. The Labute approximate surface area is 261 Å². The molecule has 8 rings (SSSR count). The van der Waals surface area contributed by atoms with E-state index in [9.17, 15) is 0 Å². The van der Waals surface area contributed by atoms with Gasteiger partial charge in [-0.3, -0.25) is 9.97 Å². The Morgan fingerprint density at radius 2 is 1.00 bits per heavy atom. The van der Waals surface area contributed by atoms with Crippen LogP contribution in [0.15, 0.2) is 103 Å². The van der Waals surface area contributed by atoms with Crippen molar-refractivity contribution in [1.29, 1.82) is 0 Å². The first-order valence-electron chi connectivity index (χ1n) is 13.1. The van der Waals surface area contributed by atoms with Gasteiger partial charge in [-0.05, 0) is 73.5 Å². The van der Waals surface area contributed by atoms with Gasteiger partial charge in [0.1, 0.15) is 11.4 Å². The first kappa shape index (κ1) is 29.0. The van der Waals surface area contributed by atoms with E-state index in [1.165, 1.54) is 11.1 Å². The van der Waals surface area contributed by atoms with Gasteiger partial charge < -0.3 is 22.4 Å². The zero-order valence-electron chi connectivity index (χ0n) is 22.8. The molecule has 8 aromatic rings. The maximum Gasteiger partial charge on any atom is 2.00 e. The summed E-state index contributed by atoms with van der Waals surface area (Å²) in [7, 11) is 0. The van der Waals surface area contributed by atoms with Crippen molar-refractivity contribution >= 4 is 43.9 Å². The van der Waals surface area contributed by atoms with Crippen molar-refractivity contribution < 1.29 is 31.9 Å². The van der Waals surface area contributed by atoms with E-state index in [0.29, 0.717) is 0 Å². The van der Waals surface area contributed by atoms with Crippen LogP contribution in [0.25, 0.3) is 66.9 Å². The maximum absolute atomic E-state index is 4.76. The molecule has 5 aromatic heterocycles. The molecule has 0 saturated heterocycles. The number of imidazole rings is 2. The molecule has 0 radical (unpaired) electrons. The Hall–Kier alpha value is -4.52. The normalized spacial score (nSPS) is 10.7. The van der Waals surface area contributed by atoms with E-state index in [1.807, 2.05) is 42.5 Å². The number of pyridine rings is 3. The molecule has 0 unspecified atom stereocenters. The van der Waals surface area contributed by atoms with Gasteiger partial charge in [0.25, 0.3) is 0 Å². The van der Waals surface area contributed by atoms with Crippen LogP contribution in [-0.4, -0.2) is 34.9 Å². The Morgan fingerprint density at radius 3 is 1.48 bits per heavy atom. The molecule has 9 heteroatoms. The summed E-state index contributed by atoms with van der Waals surface area (Å²) in [6, 6.07) is 30.4. The van der Waals surface area contributed by atoms with Crippen LogP contribution in [0.1, 0.15) is 11.1 Å². The molecule has 42 heavy (non-hydrogen) atoms. The van der Waals surface area contributed by atoms with Gasteiger partial charge in [-0.2, -0.15) is 0 Å². The number of hydrogen-bond acceptors (Lipinski definition) is 5. The fraction of sp³-hybridized carbons (Fsp3) is 0.0606. The zero-order chi connectivity index (χ0) is 27.1.